The zero-order chi connectivity index (χ0) is 24.8. The Kier molecular flexibility index (Phi) is 7.28. The molecule has 35 heavy (non-hydrogen) atoms. The third kappa shape index (κ3) is 5.94. The average molecular weight is 498 g/mol. The van der Waals surface area contributed by atoms with Crippen LogP contribution in [-0.4, -0.2) is 35.6 Å². The van der Waals surface area contributed by atoms with Crippen molar-refractivity contribution in [2.45, 2.75) is 17.9 Å². The molecule has 0 saturated heterocycles. The standard InChI is InChI=1S/C24H21F2N5O3S/c25-21-7-6-20(14-22(21)26)35(33,34)29-13-10-23(32)28-15-18-16-31(19-4-2-1-3-5-19)30-24(18)17-8-11-27-12-9-17/h1-9,11-12,14,16,29H,10,13,15H2,(H,28,32). The van der Waals surface area contributed by atoms with E-state index >= 15 is 0 Å². The molecule has 2 N–H and O–H groups in total. The van der Waals surface area contributed by atoms with Gasteiger partial charge in [0, 0.05) is 49.2 Å². The minimum atomic E-state index is -4.09. The van der Waals surface area contributed by atoms with Gasteiger partial charge in [0.15, 0.2) is 11.6 Å². The number of hydrogen-bond donors (Lipinski definition) is 2. The molecule has 0 bridgehead atoms. The number of carbonyl (C=O) groups excluding carboxylic acids is 1. The van der Waals surface area contributed by atoms with Crippen LogP contribution in [0.15, 0.2) is 84.1 Å². The Bertz CT molecular complexity index is 1430. The molecule has 0 fully saturated rings. The molecule has 0 atom stereocenters. The molecule has 0 saturated carbocycles. The predicted octanol–water partition coefficient (Wildman–Crippen LogP) is 3.20. The summed E-state index contributed by atoms with van der Waals surface area (Å²) < 4.78 is 54.8. The summed E-state index contributed by atoms with van der Waals surface area (Å²) in [5.41, 5.74) is 3.12. The Morgan fingerprint density at radius 1 is 0.971 bits per heavy atom. The number of para-hydroxylation sites is 1. The quantitative estimate of drug-likeness (QED) is 0.370. The van der Waals surface area contributed by atoms with Gasteiger partial charge in [-0.25, -0.2) is 26.6 Å². The highest BCUT2D eigenvalue weighted by Crippen LogP contribution is 2.23. The highest BCUT2D eigenvalue weighted by atomic mass is 32.2. The smallest absolute Gasteiger partial charge is 0.240 e. The number of rotatable bonds is 9. The minimum absolute atomic E-state index is 0.152. The maximum Gasteiger partial charge on any atom is 0.240 e. The van der Waals surface area contributed by atoms with Crippen molar-refractivity contribution >= 4 is 15.9 Å². The van der Waals surface area contributed by atoms with Crippen LogP contribution in [0.4, 0.5) is 8.78 Å². The zero-order valence-electron chi connectivity index (χ0n) is 18.4. The summed E-state index contributed by atoms with van der Waals surface area (Å²) in [6, 6.07) is 15.4. The van der Waals surface area contributed by atoms with Gasteiger partial charge in [-0.1, -0.05) is 18.2 Å². The summed E-state index contributed by atoms with van der Waals surface area (Å²) >= 11 is 0. The van der Waals surface area contributed by atoms with E-state index < -0.39 is 32.5 Å². The normalized spacial score (nSPS) is 11.4. The number of hydrogen-bond acceptors (Lipinski definition) is 5. The lowest BCUT2D eigenvalue weighted by Crippen LogP contribution is -2.30. The molecular formula is C24H21F2N5O3S. The van der Waals surface area contributed by atoms with Crippen molar-refractivity contribution in [2.75, 3.05) is 6.54 Å². The fraction of sp³-hybridized carbons (Fsp3) is 0.125. The molecule has 0 aliphatic heterocycles. The van der Waals surface area contributed by atoms with Crippen molar-refractivity contribution in [2.24, 2.45) is 0 Å². The van der Waals surface area contributed by atoms with Crippen LogP contribution in [0, 0.1) is 11.6 Å². The van der Waals surface area contributed by atoms with Gasteiger partial charge in [0.1, 0.15) is 0 Å². The lowest BCUT2D eigenvalue weighted by atomic mass is 10.1. The number of nitrogens with one attached hydrogen (secondary N) is 2. The summed E-state index contributed by atoms with van der Waals surface area (Å²) in [5.74, 6) is -2.82. The van der Waals surface area contributed by atoms with Gasteiger partial charge in [-0.05, 0) is 42.5 Å². The Labute approximate surface area is 200 Å². The van der Waals surface area contributed by atoms with Gasteiger partial charge in [0.05, 0.1) is 16.3 Å². The molecule has 11 heteroatoms. The van der Waals surface area contributed by atoms with Gasteiger partial charge >= 0.3 is 0 Å². The van der Waals surface area contributed by atoms with Crippen molar-refractivity contribution in [1.29, 1.82) is 0 Å². The van der Waals surface area contributed by atoms with E-state index in [2.05, 4.69) is 20.1 Å². The van der Waals surface area contributed by atoms with Gasteiger partial charge in [-0.2, -0.15) is 5.10 Å². The molecule has 2 heterocycles. The average Bonchev–Trinajstić information content (AvgIpc) is 3.30. The predicted molar refractivity (Wildman–Crippen MR) is 125 cm³/mol. The minimum Gasteiger partial charge on any atom is -0.352 e. The van der Waals surface area contributed by atoms with Crippen molar-refractivity contribution in [3.05, 3.63) is 96.5 Å². The first kappa shape index (κ1) is 24.2. The molecule has 1 amide bonds. The Balaban J connectivity index is 1.40. The van der Waals surface area contributed by atoms with E-state index in [-0.39, 0.29) is 19.5 Å². The third-order valence-electron chi connectivity index (χ3n) is 5.09. The molecule has 8 nitrogen and oxygen atoms in total. The topological polar surface area (TPSA) is 106 Å². The van der Waals surface area contributed by atoms with Gasteiger partial charge in [0.25, 0.3) is 0 Å². The molecule has 0 radical (unpaired) electrons. The van der Waals surface area contributed by atoms with E-state index in [1.165, 1.54) is 0 Å². The second kappa shape index (κ2) is 10.5. The number of carbonyl (C=O) groups is 1. The molecular weight excluding hydrogens is 476 g/mol. The molecule has 0 unspecified atom stereocenters. The van der Waals surface area contributed by atoms with E-state index in [1.54, 1.807) is 17.1 Å². The number of pyridine rings is 1. The third-order valence-corrected chi connectivity index (χ3v) is 6.54. The summed E-state index contributed by atoms with van der Waals surface area (Å²) in [5, 5.41) is 7.42. The van der Waals surface area contributed by atoms with Crippen LogP contribution >= 0.6 is 0 Å². The number of sulfonamides is 1. The second-order valence-electron chi connectivity index (χ2n) is 7.52. The number of benzene rings is 2. The largest absolute Gasteiger partial charge is 0.352 e. The van der Waals surface area contributed by atoms with E-state index in [0.717, 1.165) is 28.9 Å². The first-order valence-electron chi connectivity index (χ1n) is 10.6. The number of amides is 1. The van der Waals surface area contributed by atoms with Crippen LogP contribution in [-0.2, 0) is 21.4 Å². The SMILES string of the molecule is O=C(CCNS(=O)(=O)c1ccc(F)c(F)c1)NCc1cn(-c2ccccc2)nc1-c1ccncc1. The maximum atomic E-state index is 13.3. The summed E-state index contributed by atoms with van der Waals surface area (Å²) in [6.45, 7) is -0.0487. The first-order valence-corrected chi connectivity index (χ1v) is 12.1. The van der Waals surface area contributed by atoms with Crippen LogP contribution < -0.4 is 10.0 Å². The molecule has 2 aromatic carbocycles. The van der Waals surface area contributed by atoms with E-state index in [4.69, 9.17) is 0 Å². The fourth-order valence-electron chi connectivity index (χ4n) is 3.31. The van der Waals surface area contributed by atoms with Crippen LogP contribution in [0.25, 0.3) is 16.9 Å². The number of aromatic nitrogens is 3. The monoisotopic (exact) mass is 497 g/mol. The lowest BCUT2D eigenvalue weighted by Gasteiger charge is -2.08. The molecule has 4 aromatic rings. The maximum absolute atomic E-state index is 13.3. The Morgan fingerprint density at radius 2 is 1.71 bits per heavy atom. The van der Waals surface area contributed by atoms with Gasteiger partial charge in [-0.15, -0.1) is 0 Å². The van der Waals surface area contributed by atoms with Gasteiger partial charge < -0.3 is 5.32 Å². The molecule has 4 rings (SSSR count). The number of nitrogens with zero attached hydrogens (tertiary/aromatic N) is 3. The van der Waals surface area contributed by atoms with Crippen LogP contribution in [0.5, 0.6) is 0 Å². The summed E-state index contributed by atoms with van der Waals surface area (Å²) in [4.78, 5) is 16.0. The van der Waals surface area contributed by atoms with E-state index in [9.17, 15) is 22.0 Å². The van der Waals surface area contributed by atoms with Crippen LogP contribution in [0.3, 0.4) is 0 Å². The van der Waals surface area contributed by atoms with E-state index in [0.29, 0.717) is 11.8 Å². The highest BCUT2D eigenvalue weighted by molar-refractivity contribution is 7.89. The molecule has 180 valence electrons. The summed E-state index contributed by atoms with van der Waals surface area (Å²) in [6.07, 6.45) is 4.97. The van der Waals surface area contributed by atoms with Crippen molar-refractivity contribution in [3.63, 3.8) is 0 Å². The van der Waals surface area contributed by atoms with Crippen molar-refractivity contribution in [3.8, 4) is 16.9 Å². The highest BCUT2D eigenvalue weighted by Gasteiger charge is 2.17. The molecule has 0 aliphatic rings. The Morgan fingerprint density at radius 3 is 2.43 bits per heavy atom. The van der Waals surface area contributed by atoms with Gasteiger partial charge in [-0.3, -0.25) is 9.78 Å². The molecule has 0 aliphatic carbocycles. The van der Waals surface area contributed by atoms with Crippen molar-refractivity contribution in [1.82, 2.24) is 24.8 Å². The lowest BCUT2D eigenvalue weighted by molar-refractivity contribution is -0.121. The van der Waals surface area contributed by atoms with Crippen molar-refractivity contribution < 1.29 is 22.0 Å². The van der Waals surface area contributed by atoms with Gasteiger partial charge in [0.2, 0.25) is 15.9 Å². The molecule has 0 spiro atoms. The van der Waals surface area contributed by atoms with E-state index in [1.807, 2.05) is 48.7 Å². The van der Waals surface area contributed by atoms with Crippen LogP contribution in [0.1, 0.15) is 12.0 Å². The zero-order valence-corrected chi connectivity index (χ0v) is 19.2. The molecule has 2 aromatic heterocycles. The fourth-order valence-corrected chi connectivity index (χ4v) is 4.36. The summed E-state index contributed by atoms with van der Waals surface area (Å²) in [7, 11) is -4.09. The first-order chi connectivity index (χ1) is 16.8. The van der Waals surface area contributed by atoms with Crippen LogP contribution in [0.2, 0.25) is 0 Å². The number of halogens is 2. The second-order valence-corrected chi connectivity index (χ2v) is 9.29. The Hall–Kier alpha value is -3.96.